The van der Waals surface area contributed by atoms with Gasteiger partial charge in [-0.1, -0.05) is 22.0 Å². The lowest BCUT2D eigenvalue weighted by Gasteiger charge is -2.14. The fourth-order valence-electron chi connectivity index (χ4n) is 1.52. The van der Waals surface area contributed by atoms with E-state index in [0.717, 1.165) is 4.47 Å². The second kappa shape index (κ2) is 7.33. The molecule has 2 rings (SSSR count). The predicted octanol–water partition coefficient (Wildman–Crippen LogP) is 2.92. The molecule has 0 radical (unpaired) electrons. The molecule has 116 valence electrons. The fraction of sp³-hybridized carbons (Fsp3) is 0.143. The lowest BCUT2D eigenvalue weighted by atomic mass is 10.3. The van der Waals surface area contributed by atoms with E-state index >= 15 is 0 Å². The molecular weight excluding hydrogens is 376 g/mol. The first-order chi connectivity index (χ1) is 10.5. The molecule has 0 aliphatic carbocycles. The van der Waals surface area contributed by atoms with Crippen LogP contribution in [0.5, 0.6) is 5.75 Å². The van der Waals surface area contributed by atoms with Crippen molar-refractivity contribution in [2.75, 3.05) is 0 Å². The fourth-order valence-corrected chi connectivity index (χ4v) is 2.04. The third-order valence-corrected chi connectivity index (χ3v) is 3.27. The number of ether oxygens (including phenoxy) is 1. The number of carbonyl (C=O) groups is 2. The van der Waals surface area contributed by atoms with Crippen molar-refractivity contribution in [3.8, 4) is 5.75 Å². The zero-order valence-corrected chi connectivity index (χ0v) is 13.8. The number of hydrazine groups is 1. The third-order valence-electron chi connectivity index (χ3n) is 2.57. The van der Waals surface area contributed by atoms with Crippen LogP contribution in [0.3, 0.4) is 0 Å². The largest absolute Gasteiger partial charge is 0.481 e. The van der Waals surface area contributed by atoms with E-state index in [1.807, 2.05) is 6.07 Å². The summed E-state index contributed by atoms with van der Waals surface area (Å²) in [6, 6.07) is 9.90. The highest BCUT2D eigenvalue weighted by molar-refractivity contribution is 9.10. The maximum absolute atomic E-state index is 11.9. The quantitative estimate of drug-likeness (QED) is 0.791. The van der Waals surface area contributed by atoms with Gasteiger partial charge in [-0.25, -0.2) is 0 Å². The van der Waals surface area contributed by atoms with Gasteiger partial charge in [0.1, 0.15) is 5.75 Å². The highest BCUT2D eigenvalue weighted by Crippen LogP contribution is 2.18. The maximum atomic E-state index is 11.9. The number of hydrogen-bond donors (Lipinski definition) is 2. The molecule has 1 aromatic carbocycles. The van der Waals surface area contributed by atoms with Crippen LogP contribution in [0.2, 0.25) is 5.22 Å². The lowest BCUT2D eigenvalue weighted by Crippen LogP contribution is -2.47. The third kappa shape index (κ3) is 4.51. The van der Waals surface area contributed by atoms with Crippen molar-refractivity contribution in [1.82, 2.24) is 10.9 Å². The Bertz CT molecular complexity index is 689. The van der Waals surface area contributed by atoms with Crippen LogP contribution in [0.4, 0.5) is 0 Å². The molecule has 2 amide bonds. The molecule has 2 N–H and O–H groups in total. The van der Waals surface area contributed by atoms with Crippen molar-refractivity contribution in [2.24, 2.45) is 0 Å². The standard InChI is InChI=1S/C14H12BrClN2O4/c1-8(21-10-4-2-3-9(15)7-10)13(19)17-18-14(20)11-5-6-12(16)22-11/h2-8H,1H3,(H,17,19)(H,18,20). The SMILES string of the molecule is CC(Oc1cccc(Br)c1)C(=O)NNC(=O)c1ccc(Cl)o1. The molecule has 0 saturated heterocycles. The number of hydrogen-bond acceptors (Lipinski definition) is 4. The zero-order valence-electron chi connectivity index (χ0n) is 11.4. The predicted molar refractivity (Wildman–Crippen MR) is 83.6 cm³/mol. The number of carbonyl (C=O) groups excluding carboxylic acids is 2. The molecule has 8 heteroatoms. The van der Waals surface area contributed by atoms with E-state index in [0.29, 0.717) is 5.75 Å². The summed E-state index contributed by atoms with van der Waals surface area (Å²) in [5.74, 6) is -0.604. The van der Waals surface area contributed by atoms with E-state index in [1.165, 1.54) is 12.1 Å². The van der Waals surface area contributed by atoms with Crippen LogP contribution >= 0.6 is 27.5 Å². The number of furan rings is 1. The maximum Gasteiger partial charge on any atom is 0.305 e. The summed E-state index contributed by atoms with van der Waals surface area (Å²) in [4.78, 5) is 23.5. The second-order valence-corrected chi connectivity index (χ2v) is 5.55. The Morgan fingerprint density at radius 3 is 2.68 bits per heavy atom. The van der Waals surface area contributed by atoms with Crippen LogP contribution in [0, 0.1) is 0 Å². The van der Waals surface area contributed by atoms with Crippen LogP contribution in [0.15, 0.2) is 45.3 Å². The van der Waals surface area contributed by atoms with E-state index in [4.69, 9.17) is 20.8 Å². The van der Waals surface area contributed by atoms with Crippen LogP contribution in [0.25, 0.3) is 0 Å². The van der Waals surface area contributed by atoms with E-state index in [9.17, 15) is 9.59 Å². The molecule has 0 aliphatic rings. The first-order valence-electron chi connectivity index (χ1n) is 6.23. The minimum absolute atomic E-state index is 0.00846. The molecule has 1 heterocycles. The Balaban J connectivity index is 1.85. The average molecular weight is 388 g/mol. The van der Waals surface area contributed by atoms with E-state index in [1.54, 1.807) is 25.1 Å². The molecular formula is C14H12BrClN2O4. The van der Waals surface area contributed by atoms with Gasteiger partial charge in [-0.15, -0.1) is 0 Å². The molecule has 2 aromatic rings. The summed E-state index contributed by atoms with van der Waals surface area (Å²) < 4.78 is 11.2. The van der Waals surface area contributed by atoms with Crippen molar-refractivity contribution < 1.29 is 18.7 Å². The van der Waals surface area contributed by atoms with Gasteiger partial charge in [0.15, 0.2) is 17.1 Å². The molecule has 6 nitrogen and oxygen atoms in total. The summed E-state index contributed by atoms with van der Waals surface area (Å²) in [6.45, 7) is 1.56. The van der Waals surface area contributed by atoms with Crippen LogP contribution in [0.1, 0.15) is 17.5 Å². The minimum Gasteiger partial charge on any atom is -0.481 e. The van der Waals surface area contributed by atoms with E-state index in [2.05, 4.69) is 26.8 Å². The Labute approximate surface area is 139 Å². The molecule has 0 bridgehead atoms. The highest BCUT2D eigenvalue weighted by atomic mass is 79.9. The van der Waals surface area contributed by atoms with Gasteiger partial charge in [0.05, 0.1) is 0 Å². The summed E-state index contributed by atoms with van der Waals surface area (Å²) in [7, 11) is 0. The Morgan fingerprint density at radius 2 is 2.05 bits per heavy atom. The van der Waals surface area contributed by atoms with Gasteiger partial charge in [-0.3, -0.25) is 20.4 Å². The molecule has 0 saturated carbocycles. The van der Waals surface area contributed by atoms with Gasteiger partial charge in [0.2, 0.25) is 0 Å². The van der Waals surface area contributed by atoms with Gasteiger partial charge in [-0.05, 0) is 48.9 Å². The molecule has 1 atom stereocenters. The Hall–Kier alpha value is -1.99. The average Bonchev–Trinajstić information content (AvgIpc) is 2.91. The number of nitrogens with one attached hydrogen (secondary N) is 2. The van der Waals surface area contributed by atoms with Crippen LogP contribution < -0.4 is 15.6 Å². The summed E-state index contributed by atoms with van der Waals surface area (Å²) >= 11 is 8.87. The van der Waals surface area contributed by atoms with E-state index in [-0.39, 0.29) is 11.0 Å². The highest BCUT2D eigenvalue weighted by Gasteiger charge is 2.17. The number of benzene rings is 1. The first kappa shape index (κ1) is 16.4. The lowest BCUT2D eigenvalue weighted by molar-refractivity contribution is -0.128. The minimum atomic E-state index is -0.796. The number of rotatable bonds is 4. The monoisotopic (exact) mass is 386 g/mol. The topological polar surface area (TPSA) is 80.6 Å². The molecule has 0 aliphatic heterocycles. The normalized spacial score (nSPS) is 11.6. The first-order valence-corrected chi connectivity index (χ1v) is 7.40. The molecule has 0 spiro atoms. The van der Waals surface area contributed by atoms with Gasteiger partial charge in [0.25, 0.3) is 5.91 Å². The zero-order chi connectivity index (χ0) is 16.1. The summed E-state index contributed by atoms with van der Waals surface area (Å²) in [5, 5.41) is 0.0860. The van der Waals surface area contributed by atoms with Crippen molar-refractivity contribution in [3.63, 3.8) is 0 Å². The van der Waals surface area contributed by atoms with Crippen molar-refractivity contribution in [1.29, 1.82) is 0 Å². The van der Waals surface area contributed by atoms with Crippen molar-refractivity contribution in [2.45, 2.75) is 13.0 Å². The Morgan fingerprint density at radius 1 is 1.27 bits per heavy atom. The van der Waals surface area contributed by atoms with Crippen molar-refractivity contribution in [3.05, 3.63) is 51.9 Å². The second-order valence-electron chi connectivity index (χ2n) is 4.26. The summed E-state index contributed by atoms with van der Waals surface area (Å²) in [6.07, 6.45) is -0.796. The molecule has 22 heavy (non-hydrogen) atoms. The Kier molecular flexibility index (Phi) is 5.46. The number of amides is 2. The van der Waals surface area contributed by atoms with Gasteiger partial charge in [0, 0.05) is 4.47 Å². The smallest absolute Gasteiger partial charge is 0.305 e. The van der Waals surface area contributed by atoms with E-state index < -0.39 is 17.9 Å². The molecule has 1 aromatic heterocycles. The number of halogens is 2. The summed E-state index contributed by atoms with van der Waals surface area (Å²) in [5.41, 5.74) is 4.46. The van der Waals surface area contributed by atoms with Crippen LogP contribution in [-0.4, -0.2) is 17.9 Å². The molecule has 1 unspecified atom stereocenters. The van der Waals surface area contributed by atoms with Gasteiger partial charge in [-0.2, -0.15) is 0 Å². The van der Waals surface area contributed by atoms with Gasteiger partial charge < -0.3 is 9.15 Å². The van der Waals surface area contributed by atoms with Crippen LogP contribution in [-0.2, 0) is 4.79 Å². The molecule has 0 fully saturated rings. The van der Waals surface area contributed by atoms with Crippen molar-refractivity contribution >= 4 is 39.3 Å². The van der Waals surface area contributed by atoms with Gasteiger partial charge >= 0.3 is 5.91 Å².